The summed E-state index contributed by atoms with van der Waals surface area (Å²) in [7, 11) is 0. The van der Waals surface area contributed by atoms with Gasteiger partial charge in [-0.15, -0.1) is 0 Å². The predicted molar refractivity (Wildman–Crippen MR) is 109 cm³/mol. The molecule has 0 fully saturated rings. The van der Waals surface area contributed by atoms with Crippen LogP contribution in [0.2, 0.25) is 0 Å². The second kappa shape index (κ2) is 11.6. The lowest BCUT2D eigenvalue weighted by Crippen LogP contribution is -2.38. The van der Waals surface area contributed by atoms with Gasteiger partial charge in [0.15, 0.2) is 13.2 Å². The highest BCUT2D eigenvalue weighted by Gasteiger charge is 2.05. The first-order valence-electron chi connectivity index (χ1n) is 9.57. The van der Waals surface area contributed by atoms with Crippen molar-refractivity contribution in [2.75, 3.05) is 26.3 Å². The molecular formula is C22H28N2O4. The van der Waals surface area contributed by atoms with Crippen LogP contribution in [0.25, 0.3) is 0 Å². The van der Waals surface area contributed by atoms with Gasteiger partial charge >= 0.3 is 0 Å². The summed E-state index contributed by atoms with van der Waals surface area (Å²) >= 11 is 0. The molecule has 0 aliphatic carbocycles. The Bertz CT molecular complexity index is 677. The number of benzene rings is 2. The third-order valence-corrected chi connectivity index (χ3v) is 4.17. The summed E-state index contributed by atoms with van der Waals surface area (Å²) < 4.78 is 10.9. The molecule has 2 aromatic rings. The van der Waals surface area contributed by atoms with Gasteiger partial charge in [0.2, 0.25) is 0 Å². The third kappa shape index (κ3) is 7.70. The van der Waals surface area contributed by atoms with Crippen LogP contribution in [-0.2, 0) is 22.4 Å². The molecule has 0 saturated carbocycles. The highest BCUT2D eigenvalue weighted by molar-refractivity contribution is 5.78. The van der Waals surface area contributed by atoms with E-state index in [4.69, 9.17) is 9.47 Å². The van der Waals surface area contributed by atoms with Crippen molar-refractivity contribution in [2.45, 2.75) is 26.7 Å². The number of amides is 2. The van der Waals surface area contributed by atoms with E-state index in [0.717, 1.165) is 12.8 Å². The number of nitrogens with one attached hydrogen (secondary N) is 2. The van der Waals surface area contributed by atoms with Gasteiger partial charge in [0.05, 0.1) is 0 Å². The molecule has 2 amide bonds. The molecule has 2 rings (SSSR count). The van der Waals surface area contributed by atoms with Crippen molar-refractivity contribution in [1.82, 2.24) is 10.6 Å². The van der Waals surface area contributed by atoms with E-state index in [2.05, 4.69) is 24.5 Å². The maximum absolute atomic E-state index is 11.8. The Morgan fingerprint density at radius 3 is 1.36 bits per heavy atom. The molecule has 6 heteroatoms. The molecule has 0 atom stereocenters. The Labute approximate surface area is 166 Å². The number of ether oxygens (including phenoxy) is 2. The summed E-state index contributed by atoms with van der Waals surface area (Å²) in [5.41, 5.74) is 2.43. The van der Waals surface area contributed by atoms with E-state index in [-0.39, 0.29) is 25.0 Å². The summed E-state index contributed by atoms with van der Waals surface area (Å²) in [4.78, 5) is 23.5. The first-order chi connectivity index (χ1) is 13.6. The lowest BCUT2D eigenvalue weighted by Gasteiger charge is -2.10. The lowest BCUT2D eigenvalue weighted by molar-refractivity contribution is -0.124. The monoisotopic (exact) mass is 384 g/mol. The van der Waals surface area contributed by atoms with Crippen molar-refractivity contribution >= 4 is 11.8 Å². The van der Waals surface area contributed by atoms with Crippen LogP contribution in [0.15, 0.2) is 48.5 Å². The third-order valence-electron chi connectivity index (χ3n) is 4.17. The molecule has 6 nitrogen and oxygen atoms in total. The first kappa shape index (κ1) is 21.3. The number of hydrogen-bond acceptors (Lipinski definition) is 4. The van der Waals surface area contributed by atoms with Crippen LogP contribution in [-0.4, -0.2) is 38.1 Å². The van der Waals surface area contributed by atoms with E-state index in [0.29, 0.717) is 24.6 Å². The summed E-state index contributed by atoms with van der Waals surface area (Å²) in [6, 6.07) is 15.3. The minimum Gasteiger partial charge on any atom is -0.484 e. The minimum absolute atomic E-state index is 0.0592. The van der Waals surface area contributed by atoms with Gasteiger partial charge in [-0.25, -0.2) is 0 Å². The van der Waals surface area contributed by atoms with Crippen molar-refractivity contribution in [1.29, 1.82) is 0 Å². The second-order valence-corrected chi connectivity index (χ2v) is 6.27. The fourth-order valence-corrected chi connectivity index (χ4v) is 2.45. The van der Waals surface area contributed by atoms with E-state index < -0.39 is 0 Å². The Morgan fingerprint density at radius 2 is 1.04 bits per heavy atom. The zero-order valence-corrected chi connectivity index (χ0v) is 16.5. The fourth-order valence-electron chi connectivity index (χ4n) is 2.45. The van der Waals surface area contributed by atoms with Crippen molar-refractivity contribution in [3.8, 4) is 11.5 Å². The maximum atomic E-state index is 11.8. The van der Waals surface area contributed by atoms with Crippen molar-refractivity contribution in [3.63, 3.8) is 0 Å². The van der Waals surface area contributed by atoms with Gasteiger partial charge in [0.25, 0.3) is 11.8 Å². The van der Waals surface area contributed by atoms with E-state index in [1.54, 1.807) is 0 Å². The number of rotatable bonds is 11. The molecule has 0 aliphatic heterocycles. The Morgan fingerprint density at radius 1 is 0.679 bits per heavy atom. The highest BCUT2D eigenvalue weighted by Crippen LogP contribution is 2.13. The maximum Gasteiger partial charge on any atom is 0.258 e. The first-order valence-corrected chi connectivity index (χ1v) is 9.57. The number of aryl methyl sites for hydroxylation is 2. The molecule has 0 saturated heterocycles. The molecule has 2 N–H and O–H groups in total. The molecule has 0 aliphatic rings. The quantitative estimate of drug-likeness (QED) is 0.584. The fraction of sp³-hybridized carbons (Fsp3) is 0.364. The minimum atomic E-state index is -0.235. The summed E-state index contributed by atoms with van der Waals surface area (Å²) in [6.45, 7) is 4.70. The van der Waals surface area contributed by atoms with Crippen molar-refractivity contribution in [3.05, 3.63) is 59.7 Å². The van der Waals surface area contributed by atoms with Crippen LogP contribution in [0.3, 0.4) is 0 Å². The van der Waals surface area contributed by atoms with Crippen LogP contribution >= 0.6 is 0 Å². The van der Waals surface area contributed by atoms with Gasteiger partial charge in [0.1, 0.15) is 11.5 Å². The number of carbonyl (C=O) groups excluding carboxylic acids is 2. The van der Waals surface area contributed by atoms with Gasteiger partial charge in [-0.05, 0) is 48.2 Å². The predicted octanol–water partition coefficient (Wildman–Crippen LogP) is 2.50. The van der Waals surface area contributed by atoms with E-state index in [9.17, 15) is 9.59 Å². The Kier molecular flexibility index (Phi) is 8.85. The zero-order valence-electron chi connectivity index (χ0n) is 16.5. The van der Waals surface area contributed by atoms with Crippen LogP contribution in [0, 0.1) is 0 Å². The SMILES string of the molecule is CCc1ccc(OCC(=O)NCCNC(=O)COc2ccc(CC)cc2)cc1. The molecule has 0 unspecified atom stereocenters. The second-order valence-electron chi connectivity index (χ2n) is 6.27. The van der Waals surface area contributed by atoms with E-state index >= 15 is 0 Å². The highest BCUT2D eigenvalue weighted by atomic mass is 16.5. The van der Waals surface area contributed by atoms with Crippen LogP contribution in [0.5, 0.6) is 11.5 Å². The van der Waals surface area contributed by atoms with E-state index in [1.807, 2.05) is 48.5 Å². The van der Waals surface area contributed by atoms with Gasteiger partial charge in [-0.1, -0.05) is 38.1 Å². The molecule has 0 heterocycles. The largest absolute Gasteiger partial charge is 0.484 e. The standard InChI is InChI=1S/C22H28N2O4/c1-3-17-5-9-19(10-6-17)27-15-21(25)23-13-14-24-22(26)16-28-20-11-7-18(4-2)8-12-20/h5-12H,3-4,13-16H2,1-2H3,(H,23,25)(H,24,26). The van der Waals surface area contributed by atoms with Gasteiger partial charge in [0, 0.05) is 13.1 Å². The van der Waals surface area contributed by atoms with Gasteiger partial charge in [-0.3, -0.25) is 9.59 Å². The van der Waals surface area contributed by atoms with Gasteiger partial charge in [-0.2, -0.15) is 0 Å². The Balaban J connectivity index is 1.55. The zero-order chi connectivity index (χ0) is 20.2. The Hall–Kier alpha value is -3.02. The molecule has 28 heavy (non-hydrogen) atoms. The van der Waals surface area contributed by atoms with Crippen molar-refractivity contribution < 1.29 is 19.1 Å². The van der Waals surface area contributed by atoms with Crippen LogP contribution < -0.4 is 20.1 Å². The van der Waals surface area contributed by atoms with E-state index in [1.165, 1.54) is 11.1 Å². The summed E-state index contributed by atoms with van der Waals surface area (Å²) in [5, 5.41) is 5.40. The number of carbonyl (C=O) groups is 2. The molecule has 0 bridgehead atoms. The molecular weight excluding hydrogens is 356 g/mol. The normalized spacial score (nSPS) is 10.2. The topological polar surface area (TPSA) is 76.7 Å². The molecule has 2 aromatic carbocycles. The summed E-state index contributed by atoms with van der Waals surface area (Å²) in [6.07, 6.45) is 1.92. The average Bonchev–Trinajstić information content (AvgIpc) is 2.74. The lowest BCUT2D eigenvalue weighted by atomic mass is 10.2. The summed E-state index contributed by atoms with van der Waals surface area (Å²) in [5.74, 6) is 0.844. The average molecular weight is 384 g/mol. The van der Waals surface area contributed by atoms with Crippen LogP contribution in [0.1, 0.15) is 25.0 Å². The number of hydrogen-bond donors (Lipinski definition) is 2. The van der Waals surface area contributed by atoms with Crippen molar-refractivity contribution in [2.24, 2.45) is 0 Å². The van der Waals surface area contributed by atoms with Crippen LogP contribution in [0.4, 0.5) is 0 Å². The smallest absolute Gasteiger partial charge is 0.258 e. The molecule has 0 radical (unpaired) electrons. The molecule has 0 spiro atoms. The molecule has 150 valence electrons. The molecule has 0 aromatic heterocycles. The van der Waals surface area contributed by atoms with Gasteiger partial charge < -0.3 is 20.1 Å².